The highest BCUT2D eigenvalue weighted by molar-refractivity contribution is 7.91. The maximum atomic E-state index is 11.9. The number of thiophene rings is 1. The number of sulfonamides is 1. The van der Waals surface area contributed by atoms with Gasteiger partial charge < -0.3 is 10.2 Å². The minimum absolute atomic E-state index is 0.211. The van der Waals surface area contributed by atoms with E-state index in [4.69, 9.17) is 0 Å². The van der Waals surface area contributed by atoms with E-state index in [2.05, 4.69) is 27.1 Å². The summed E-state index contributed by atoms with van der Waals surface area (Å²) in [6.45, 7) is 1.96. The highest BCUT2D eigenvalue weighted by Gasteiger charge is 2.16. The lowest BCUT2D eigenvalue weighted by Gasteiger charge is -2.16. The van der Waals surface area contributed by atoms with Gasteiger partial charge in [0.25, 0.3) is 10.0 Å². The number of carbonyl (C=O) groups is 1. The van der Waals surface area contributed by atoms with Gasteiger partial charge in [-0.2, -0.15) is 0 Å². The van der Waals surface area contributed by atoms with Crippen molar-refractivity contribution in [3.63, 3.8) is 0 Å². The van der Waals surface area contributed by atoms with Crippen LogP contribution in [0.2, 0.25) is 0 Å². The maximum Gasteiger partial charge on any atom is 0.250 e. The second kappa shape index (κ2) is 9.67. The number of nitrogens with one attached hydrogen (secondary N) is 2. The van der Waals surface area contributed by atoms with Crippen LogP contribution in [-0.2, 0) is 21.4 Å². The number of hydrogen-bond acceptors (Lipinski definition) is 5. The highest BCUT2D eigenvalue weighted by Crippen LogP contribution is 2.14. The van der Waals surface area contributed by atoms with Crippen LogP contribution in [0.15, 0.2) is 52.1 Å². The van der Waals surface area contributed by atoms with Crippen molar-refractivity contribution < 1.29 is 13.2 Å². The third kappa shape index (κ3) is 6.95. The molecule has 8 heteroatoms. The summed E-state index contributed by atoms with van der Waals surface area (Å²) >= 11 is 1.12. The Kier molecular flexibility index (Phi) is 7.57. The molecule has 0 radical (unpaired) electrons. The molecule has 0 bridgehead atoms. The molecule has 1 heterocycles. The molecule has 136 valence electrons. The monoisotopic (exact) mass is 381 g/mol. The average molecular weight is 382 g/mol. The Hall–Kier alpha value is -1.74. The van der Waals surface area contributed by atoms with Gasteiger partial charge in [0, 0.05) is 13.1 Å². The lowest BCUT2D eigenvalue weighted by molar-refractivity contribution is -0.119. The standard InChI is InChI=1S/C17H23N3O3S2/c1-20(14-15-7-3-2-4-8-15)11-6-10-18-16(21)13-19-25(22,23)17-9-5-12-24-17/h2-5,7-9,12,19H,6,10-11,13-14H2,1H3,(H,18,21). The van der Waals surface area contributed by atoms with Gasteiger partial charge in [-0.25, -0.2) is 13.1 Å². The Morgan fingerprint density at radius 3 is 2.60 bits per heavy atom. The Labute approximate surface area is 152 Å². The van der Waals surface area contributed by atoms with Gasteiger partial charge in [-0.1, -0.05) is 36.4 Å². The van der Waals surface area contributed by atoms with E-state index in [1.165, 1.54) is 11.6 Å². The fourth-order valence-corrected chi connectivity index (χ4v) is 4.28. The molecule has 0 spiro atoms. The third-order valence-corrected chi connectivity index (χ3v) is 6.32. The number of carbonyl (C=O) groups excluding carboxylic acids is 1. The first-order valence-corrected chi connectivity index (χ1v) is 10.4. The van der Waals surface area contributed by atoms with E-state index in [1.54, 1.807) is 11.4 Å². The highest BCUT2D eigenvalue weighted by atomic mass is 32.2. The molecule has 0 aliphatic carbocycles. The lowest BCUT2D eigenvalue weighted by Crippen LogP contribution is -2.37. The van der Waals surface area contributed by atoms with Crippen molar-refractivity contribution in [1.82, 2.24) is 14.9 Å². The third-order valence-electron chi connectivity index (χ3n) is 3.52. The van der Waals surface area contributed by atoms with Crippen molar-refractivity contribution in [3.8, 4) is 0 Å². The summed E-state index contributed by atoms with van der Waals surface area (Å²) in [6.07, 6.45) is 0.798. The quantitative estimate of drug-likeness (QED) is 0.614. The first-order chi connectivity index (χ1) is 12.0. The van der Waals surface area contributed by atoms with Gasteiger partial charge >= 0.3 is 0 Å². The molecule has 0 aliphatic heterocycles. The first-order valence-electron chi connectivity index (χ1n) is 8.00. The fraction of sp³-hybridized carbons (Fsp3) is 0.353. The molecule has 0 aliphatic rings. The molecule has 0 atom stereocenters. The number of rotatable bonds is 10. The maximum absolute atomic E-state index is 11.9. The van der Waals surface area contributed by atoms with E-state index < -0.39 is 10.0 Å². The summed E-state index contributed by atoms with van der Waals surface area (Å²) in [6, 6.07) is 13.3. The molecule has 6 nitrogen and oxygen atoms in total. The Bertz CT molecular complexity index is 747. The molecule has 2 rings (SSSR count). The van der Waals surface area contributed by atoms with Crippen molar-refractivity contribution in [1.29, 1.82) is 0 Å². The van der Waals surface area contributed by atoms with Crippen LogP contribution in [0.4, 0.5) is 0 Å². The summed E-state index contributed by atoms with van der Waals surface area (Å²) < 4.78 is 26.3. The number of nitrogens with zero attached hydrogens (tertiary/aromatic N) is 1. The van der Waals surface area contributed by atoms with E-state index in [0.29, 0.717) is 6.54 Å². The topological polar surface area (TPSA) is 78.5 Å². The van der Waals surface area contributed by atoms with Crippen molar-refractivity contribution in [2.75, 3.05) is 26.7 Å². The summed E-state index contributed by atoms with van der Waals surface area (Å²) in [7, 11) is -1.56. The molecule has 2 N–H and O–H groups in total. The number of amides is 1. The van der Waals surface area contributed by atoms with E-state index in [0.717, 1.165) is 30.8 Å². The average Bonchev–Trinajstić information content (AvgIpc) is 3.13. The van der Waals surface area contributed by atoms with Crippen LogP contribution >= 0.6 is 11.3 Å². The summed E-state index contributed by atoms with van der Waals surface area (Å²) in [5.41, 5.74) is 1.25. The molecular weight excluding hydrogens is 358 g/mol. The van der Waals surface area contributed by atoms with Crippen LogP contribution in [0.5, 0.6) is 0 Å². The van der Waals surface area contributed by atoms with Crippen molar-refractivity contribution in [3.05, 3.63) is 53.4 Å². The predicted octanol–water partition coefficient (Wildman–Crippen LogP) is 1.66. The Balaban J connectivity index is 1.61. The smallest absolute Gasteiger partial charge is 0.250 e. The number of benzene rings is 1. The first kappa shape index (κ1) is 19.6. The molecule has 0 saturated heterocycles. The van der Waals surface area contributed by atoms with Gasteiger partial charge in [0.15, 0.2) is 0 Å². The lowest BCUT2D eigenvalue weighted by atomic mass is 10.2. The van der Waals surface area contributed by atoms with Crippen LogP contribution in [0.25, 0.3) is 0 Å². The summed E-state index contributed by atoms with van der Waals surface area (Å²) in [5.74, 6) is -0.328. The molecule has 0 fully saturated rings. The van der Waals surface area contributed by atoms with Crippen molar-refractivity contribution in [2.24, 2.45) is 0 Å². The molecule has 0 saturated carbocycles. The van der Waals surface area contributed by atoms with Crippen LogP contribution in [0, 0.1) is 0 Å². The molecule has 2 aromatic rings. The van der Waals surface area contributed by atoms with Gasteiger partial charge in [-0.05, 0) is 37.0 Å². The summed E-state index contributed by atoms with van der Waals surface area (Å²) in [5, 5.41) is 4.41. The van der Waals surface area contributed by atoms with Gasteiger partial charge in [0.2, 0.25) is 5.91 Å². The van der Waals surface area contributed by atoms with Gasteiger partial charge in [-0.15, -0.1) is 11.3 Å². The van der Waals surface area contributed by atoms with Crippen LogP contribution < -0.4 is 10.0 Å². The molecule has 25 heavy (non-hydrogen) atoms. The van der Waals surface area contributed by atoms with Gasteiger partial charge in [0.1, 0.15) is 4.21 Å². The minimum Gasteiger partial charge on any atom is -0.355 e. The minimum atomic E-state index is -3.59. The van der Waals surface area contributed by atoms with E-state index in [9.17, 15) is 13.2 Å². The van der Waals surface area contributed by atoms with Crippen LogP contribution in [-0.4, -0.2) is 45.9 Å². The Morgan fingerprint density at radius 1 is 1.16 bits per heavy atom. The van der Waals surface area contributed by atoms with Crippen LogP contribution in [0.3, 0.4) is 0 Å². The Morgan fingerprint density at radius 2 is 1.92 bits per heavy atom. The van der Waals surface area contributed by atoms with E-state index in [1.807, 2.05) is 25.2 Å². The largest absolute Gasteiger partial charge is 0.355 e. The van der Waals surface area contributed by atoms with Crippen LogP contribution in [0.1, 0.15) is 12.0 Å². The number of hydrogen-bond donors (Lipinski definition) is 2. The fourth-order valence-electron chi connectivity index (χ4n) is 2.26. The molecular formula is C17H23N3O3S2. The molecule has 1 aromatic heterocycles. The zero-order chi connectivity index (χ0) is 18.1. The predicted molar refractivity (Wildman–Crippen MR) is 99.9 cm³/mol. The normalized spacial score (nSPS) is 11.6. The van der Waals surface area contributed by atoms with E-state index >= 15 is 0 Å². The van der Waals surface area contributed by atoms with Gasteiger partial charge in [0.05, 0.1) is 6.54 Å². The van der Waals surface area contributed by atoms with Crippen molar-refractivity contribution in [2.45, 2.75) is 17.2 Å². The SMILES string of the molecule is CN(CCCNC(=O)CNS(=O)(=O)c1cccs1)Cc1ccccc1. The van der Waals surface area contributed by atoms with Gasteiger partial charge in [-0.3, -0.25) is 4.79 Å². The second-order valence-corrected chi connectivity index (χ2v) is 8.63. The molecule has 1 aromatic carbocycles. The van der Waals surface area contributed by atoms with E-state index in [-0.39, 0.29) is 16.7 Å². The zero-order valence-electron chi connectivity index (χ0n) is 14.1. The molecule has 0 unspecified atom stereocenters. The second-order valence-electron chi connectivity index (χ2n) is 5.68. The zero-order valence-corrected chi connectivity index (χ0v) is 15.8. The molecule has 1 amide bonds. The van der Waals surface area contributed by atoms with Crippen molar-refractivity contribution >= 4 is 27.3 Å². The summed E-state index contributed by atoms with van der Waals surface area (Å²) in [4.78, 5) is 13.9.